The number of hydrogen-bond donors (Lipinski definition) is 4. The SMILES string of the molecule is Cc1ccc(S(=O)(=O)N[C@@H](Cc2ccc(NC(=S)NCCCc3ccccc3)cc2)C(=O)OC(=O)[C@@H]2CCCN2)cc1. The maximum atomic E-state index is 13.1. The average Bonchev–Trinajstić information content (AvgIpc) is 3.52. The molecule has 0 amide bonds. The van der Waals surface area contributed by atoms with Gasteiger partial charge in [0.15, 0.2) is 5.11 Å². The molecule has 1 aliphatic heterocycles. The van der Waals surface area contributed by atoms with Crippen LogP contribution in [0.1, 0.15) is 36.0 Å². The van der Waals surface area contributed by atoms with Gasteiger partial charge < -0.3 is 20.7 Å². The zero-order valence-corrected chi connectivity index (χ0v) is 25.1. The lowest BCUT2D eigenvalue weighted by molar-refractivity contribution is -0.162. The van der Waals surface area contributed by atoms with Gasteiger partial charge in [-0.2, -0.15) is 4.72 Å². The summed E-state index contributed by atoms with van der Waals surface area (Å²) < 4.78 is 33.8. The van der Waals surface area contributed by atoms with Crippen LogP contribution in [0.25, 0.3) is 0 Å². The van der Waals surface area contributed by atoms with Crippen molar-refractivity contribution in [2.24, 2.45) is 0 Å². The van der Waals surface area contributed by atoms with Crippen molar-refractivity contribution in [1.29, 1.82) is 0 Å². The lowest BCUT2D eigenvalue weighted by atomic mass is 10.1. The highest BCUT2D eigenvalue weighted by Gasteiger charge is 2.32. The van der Waals surface area contributed by atoms with Crippen molar-refractivity contribution >= 4 is 45.0 Å². The normalized spacial score (nSPS) is 15.5. The fraction of sp³-hybridized carbons (Fsp3) is 0.323. The largest absolute Gasteiger partial charge is 0.391 e. The van der Waals surface area contributed by atoms with E-state index in [1.807, 2.05) is 25.1 Å². The van der Waals surface area contributed by atoms with Crippen LogP contribution in [0.2, 0.25) is 0 Å². The Kier molecular flexibility index (Phi) is 11.2. The predicted molar refractivity (Wildman–Crippen MR) is 167 cm³/mol. The first-order valence-electron chi connectivity index (χ1n) is 14.0. The van der Waals surface area contributed by atoms with Crippen LogP contribution in [-0.4, -0.2) is 50.6 Å². The van der Waals surface area contributed by atoms with Crippen molar-refractivity contribution in [3.63, 3.8) is 0 Å². The lowest BCUT2D eigenvalue weighted by Gasteiger charge is -2.19. The monoisotopic (exact) mass is 608 g/mol. The Morgan fingerprint density at radius 1 is 1.00 bits per heavy atom. The Morgan fingerprint density at radius 2 is 1.71 bits per heavy atom. The summed E-state index contributed by atoms with van der Waals surface area (Å²) in [5.74, 6) is -1.66. The molecule has 9 nitrogen and oxygen atoms in total. The van der Waals surface area contributed by atoms with E-state index in [1.165, 1.54) is 17.7 Å². The van der Waals surface area contributed by atoms with E-state index < -0.39 is 34.0 Å². The number of ether oxygens (including phenoxy) is 1. The highest BCUT2D eigenvalue weighted by atomic mass is 32.2. The van der Waals surface area contributed by atoms with E-state index in [4.69, 9.17) is 17.0 Å². The topological polar surface area (TPSA) is 126 Å². The lowest BCUT2D eigenvalue weighted by Crippen LogP contribution is -2.45. The minimum Gasteiger partial charge on any atom is -0.391 e. The second-order valence-electron chi connectivity index (χ2n) is 10.2. The van der Waals surface area contributed by atoms with Crippen molar-refractivity contribution in [2.75, 3.05) is 18.4 Å². The van der Waals surface area contributed by atoms with Gasteiger partial charge in [-0.3, -0.25) is 0 Å². The molecular weight excluding hydrogens is 572 g/mol. The molecule has 4 N–H and O–H groups in total. The second kappa shape index (κ2) is 15.0. The van der Waals surface area contributed by atoms with E-state index in [2.05, 4.69) is 32.8 Å². The number of benzene rings is 3. The number of nitrogens with one attached hydrogen (secondary N) is 4. The molecule has 0 aliphatic carbocycles. The van der Waals surface area contributed by atoms with E-state index in [-0.39, 0.29) is 11.3 Å². The van der Waals surface area contributed by atoms with E-state index in [0.29, 0.717) is 23.6 Å². The third-order valence-corrected chi connectivity index (χ3v) is 8.62. The van der Waals surface area contributed by atoms with Gasteiger partial charge in [0.2, 0.25) is 10.0 Å². The van der Waals surface area contributed by atoms with Gasteiger partial charge in [-0.15, -0.1) is 0 Å². The Labute approximate surface area is 252 Å². The fourth-order valence-electron chi connectivity index (χ4n) is 4.55. The van der Waals surface area contributed by atoms with Crippen molar-refractivity contribution in [3.05, 3.63) is 95.6 Å². The minimum absolute atomic E-state index is 0.0130. The number of anilines is 1. The molecule has 4 rings (SSSR count). The van der Waals surface area contributed by atoms with Gasteiger partial charge >= 0.3 is 11.9 Å². The number of aryl methyl sites for hydroxylation is 2. The third-order valence-electron chi connectivity index (χ3n) is 6.88. The number of rotatable bonds is 12. The predicted octanol–water partition coefficient (Wildman–Crippen LogP) is 3.63. The molecular formula is C31H36N4O5S2. The molecule has 2 atom stereocenters. The van der Waals surface area contributed by atoms with Gasteiger partial charge in [0.05, 0.1) is 4.90 Å². The molecule has 42 heavy (non-hydrogen) atoms. The maximum Gasteiger partial charge on any atom is 0.332 e. The average molecular weight is 609 g/mol. The summed E-state index contributed by atoms with van der Waals surface area (Å²) in [5.41, 5.74) is 3.58. The van der Waals surface area contributed by atoms with E-state index in [9.17, 15) is 18.0 Å². The van der Waals surface area contributed by atoms with Crippen LogP contribution in [0, 0.1) is 6.92 Å². The Bertz CT molecular complexity index is 1460. The molecule has 1 aliphatic rings. The molecule has 1 heterocycles. The molecule has 0 saturated carbocycles. The van der Waals surface area contributed by atoms with E-state index in [1.54, 1.807) is 36.4 Å². The van der Waals surface area contributed by atoms with Crippen LogP contribution < -0.4 is 20.7 Å². The first kappa shape index (κ1) is 31.3. The summed E-state index contributed by atoms with van der Waals surface area (Å²) in [5, 5.41) is 9.80. The van der Waals surface area contributed by atoms with Gasteiger partial charge in [0, 0.05) is 12.2 Å². The number of carbonyl (C=O) groups is 2. The van der Waals surface area contributed by atoms with Crippen molar-refractivity contribution in [2.45, 2.75) is 56.0 Å². The third kappa shape index (κ3) is 9.45. The Balaban J connectivity index is 1.36. The van der Waals surface area contributed by atoms with Gasteiger partial charge in [0.1, 0.15) is 12.1 Å². The molecule has 0 radical (unpaired) electrons. The van der Waals surface area contributed by atoms with E-state index in [0.717, 1.165) is 37.1 Å². The van der Waals surface area contributed by atoms with Crippen LogP contribution in [-0.2, 0) is 37.2 Å². The van der Waals surface area contributed by atoms with Crippen molar-refractivity contribution in [1.82, 2.24) is 15.4 Å². The summed E-state index contributed by atoms with van der Waals surface area (Å²) in [6.07, 6.45) is 3.22. The van der Waals surface area contributed by atoms with Crippen LogP contribution in [0.3, 0.4) is 0 Å². The van der Waals surface area contributed by atoms with Crippen LogP contribution in [0.5, 0.6) is 0 Å². The number of carbonyl (C=O) groups excluding carboxylic acids is 2. The molecule has 0 aromatic heterocycles. The molecule has 222 valence electrons. The molecule has 3 aromatic rings. The maximum absolute atomic E-state index is 13.1. The summed E-state index contributed by atoms with van der Waals surface area (Å²) in [6.45, 7) is 3.23. The van der Waals surface area contributed by atoms with Gasteiger partial charge in [0.25, 0.3) is 0 Å². The standard InChI is InChI=1S/C31H36N4O5S2/c1-22-11-17-26(18-12-22)42(38,39)35-28(30(37)40-29(36)27-10-6-19-32-27)21-24-13-15-25(16-14-24)34-31(41)33-20-5-9-23-7-3-2-4-8-23/h2-4,7-8,11-18,27-28,32,35H,5-6,9-10,19-21H2,1H3,(H2,33,34,41)/t27-,28-/m0/s1. The molecule has 3 aromatic carbocycles. The summed E-state index contributed by atoms with van der Waals surface area (Å²) >= 11 is 5.41. The van der Waals surface area contributed by atoms with Crippen LogP contribution in [0.15, 0.2) is 83.8 Å². The van der Waals surface area contributed by atoms with Gasteiger partial charge in [-0.05, 0) is 93.2 Å². The molecule has 1 fully saturated rings. The van der Waals surface area contributed by atoms with Crippen molar-refractivity contribution < 1.29 is 22.7 Å². The summed E-state index contributed by atoms with van der Waals surface area (Å²) in [6, 6.07) is 21.7. The van der Waals surface area contributed by atoms with Crippen LogP contribution in [0.4, 0.5) is 5.69 Å². The first-order chi connectivity index (χ1) is 20.2. The number of sulfonamides is 1. The molecule has 1 saturated heterocycles. The Hall–Kier alpha value is -3.64. The summed E-state index contributed by atoms with van der Waals surface area (Å²) in [7, 11) is -4.06. The molecule has 0 spiro atoms. The van der Waals surface area contributed by atoms with Crippen molar-refractivity contribution in [3.8, 4) is 0 Å². The number of thiocarbonyl (C=S) groups is 1. The van der Waals surface area contributed by atoms with Crippen LogP contribution >= 0.6 is 12.2 Å². The zero-order valence-electron chi connectivity index (χ0n) is 23.5. The minimum atomic E-state index is -4.06. The zero-order chi connectivity index (χ0) is 30.0. The Morgan fingerprint density at radius 3 is 2.38 bits per heavy atom. The molecule has 0 bridgehead atoms. The molecule has 0 unspecified atom stereocenters. The van der Waals surface area contributed by atoms with Gasteiger partial charge in [-0.1, -0.05) is 60.2 Å². The van der Waals surface area contributed by atoms with E-state index >= 15 is 0 Å². The quantitative estimate of drug-likeness (QED) is 0.106. The molecule has 11 heteroatoms. The fourth-order valence-corrected chi connectivity index (χ4v) is 5.95. The highest BCUT2D eigenvalue weighted by molar-refractivity contribution is 7.89. The number of hydrogen-bond acceptors (Lipinski definition) is 7. The smallest absolute Gasteiger partial charge is 0.332 e. The second-order valence-corrected chi connectivity index (χ2v) is 12.4. The summed E-state index contributed by atoms with van der Waals surface area (Å²) in [4.78, 5) is 25.6. The number of esters is 2. The highest BCUT2D eigenvalue weighted by Crippen LogP contribution is 2.16. The van der Waals surface area contributed by atoms with Gasteiger partial charge in [-0.25, -0.2) is 18.0 Å². The first-order valence-corrected chi connectivity index (χ1v) is 15.8.